The molecule has 2 rings (SSSR count). The number of hydrogen-bond acceptors (Lipinski definition) is 4. The van der Waals surface area contributed by atoms with E-state index in [1.165, 1.54) is 0 Å². The van der Waals surface area contributed by atoms with E-state index in [1.807, 2.05) is 19.1 Å². The second-order valence-corrected chi connectivity index (χ2v) is 4.25. The predicted octanol–water partition coefficient (Wildman–Crippen LogP) is -0.653. The Morgan fingerprint density at radius 2 is 2.44 bits per heavy atom. The number of amides is 2. The molecular weight excluding hydrogens is 232 g/mol. The molecule has 18 heavy (non-hydrogen) atoms. The van der Waals surface area contributed by atoms with Crippen LogP contribution in [0, 0.1) is 0 Å². The third-order valence-corrected chi connectivity index (χ3v) is 2.87. The smallest absolute Gasteiger partial charge is 0.239 e. The molecule has 0 radical (unpaired) electrons. The van der Waals surface area contributed by atoms with Crippen molar-refractivity contribution in [1.29, 1.82) is 0 Å². The van der Waals surface area contributed by atoms with Gasteiger partial charge in [-0.2, -0.15) is 0 Å². The van der Waals surface area contributed by atoms with Crippen LogP contribution >= 0.6 is 0 Å². The highest BCUT2D eigenvalue weighted by atomic mass is 16.2. The molecule has 1 aromatic rings. The van der Waals surface area contributed by atoms with Gasteiger partial charge in [0.15, 0.2) is 0 Å². The number of rotatable bonds is 3. The Hall–Kier alpha value is -1.95. The molecule has 1 aromatic heterocycles. The molecule has 6 heteroatoms. The molecule has 0 aromatic carbocycles. The molecule has 1 aliphatic heterocycles. The van der Waals surface area contributed by atoms with Gasteiger partial charge in [0.2, 0.25) is 11.8 Å². The van der Waals surface area contributed by atoms with Gasteiger partial charge in [0.1, 0.15) is 6.04 Å². The van der Waals surface area contributed by atoms with Gasteiger partial charge in [0.05, 0.1) is 12.6 Å². The monoisotopic (exact) mass is 248 g/mol. The maximum absolute atomic E-state index is 11.9. The van der Waals surface area contributed by atoms with E-state index in [2.05, 4.69) is 20.9 Å². The minimum absolute atomic E-state index is 0.0839. The predicted molar refractivity (Wildman–Crippen MR) is 65.6 cm³/mol. The number of nitrogens with one attached hydrogen (secondary N) is 3. The molecule has 2 heterocycles. The molecule has 1 fully saturated rings. The fraction of sp³-hybridized carbons (Fsp3) is 0.417. The molecule has 0 spiro atoms. The quantitative estimate of drug-likeness (QED) is 0.663. The van der Waals surface area contributed by atoms with Crippen molar-refractivity contribution in [3.63, 3.8) is 0 Å². The van der Waals surface area contributed by atoms with Gasteiger partial charge in [-0.05, 0) is 18.6 Å². The van der Waals surface area contributed by atoms with Gasteiger partial charge in [0, 0.05) is 18.9 Å². The second kappa shape index (κ2) is 5.59. The Morgan fingerprint density at radius 3 is 3.06 bits per heavy atom. The molecule has 6 nitrogen and oxygen atoms in total. The maximum Gasteiger partial charge on any atom is 0.239 e. The van der Waals surface area contributed by atoms with Crippen LogP contribution in [0.5, 0.6) is 0 Å². The summed E-state index contributed by atoms with van der Waals surface area (Å²) < 4.78 is 0. The summed E-state index contributed by atoms with van der Waals surface area (Å²) in [5, 5.41) is 8.43. The van der Waals surface area contributed by atoms with Gasteiger partial charge in [-0.3, -0.25) is 19.9 Å². The molecule has 1 saturated heterocycles. The van der Waals surface area contributed by atoms with Gasteiger partial charge in [-0.15, -0.1) is 0 Å². The summed E-state index contributed by atoms with van der Waals surface area (Å²) in [5.74, 6) is -0.203. The number of nitrogens with zero attached hydrogens (tertiary/aromatic N) is 1. The summed E-state index contributed by atoms with van der Waals surface area (Å²) in [6.45, 7) is 2.40. The number of carbonyl (C=O) groups excluding carboxylic acids is 2. The lowest BCUT2D eigenvalue weighted by atomic mass is 10.1. The first-order valence-electron chi connectivity index (χ1n) is 5.87. The van der Waals surface area contributed by atoms with E-state index in [4.69, 9.17) is 0 Å². The van der Waals surface area contributed by atoms with E-state index >= 15 is 0 Å². The second-order valence-electron chi connectivity index (χ2n) is 4.25. The number of carbonyl (C=O) groups is 2. The highest BCUT2D eigenvalue weighted by Gasteiger charge is 2.24. The summed E-state index contributed by atoms with van der Waals surface area (Å²) in [6, 6.07) is 3.26. The molecular formula is C12H16N4O2. The zero-order valence-corrected chi connectivity index (χ0v) is 10.1. The molecule has 1 aliphatic rings. The van der Waals surface area contributed by atoms with Crippen LogP contribution in [-0.4, -0.2) is 35.9 Å². The van der Waals surface area contributed by atoms with Crippen LogP contribution in [0.3, 0.4) is 0 Å². The molecule has 0 saturated carbocycles. The van der Waals surface area contributed by atoms with E-state index in [-0.39, 0.29) is 30.4 Å². The topological polar surface area (TPSA) is 83.1 Å². The number of aromatic nitrogens is 1. The molecule has 96 valence electrons. The minimum atomic E-state index is -0.373. The molecule has 0 aliphatic carbocycles. The largest absolute Gasteiger partial charge is 0.353 e. The first kappa shape index (κ1) is 12.5. The van der Waals surface area contributed by atoms with Crippen molar-refractivity contribution in [3.05, 3.63) is 30.1 Å². The summed E-state index contributed by atoms with van der Waals surface area (Å²) in [5.41, 5.74) is 0.950. The van der Waals surface area contributed by atoms with Crippen LogP contribution in [0.25, 0.3) is 0 Å². The molecule has 0 bridgehead atoms. The van der Waals surface area contributed by atoms with E-state index in [9.17, 15) is 9.59 Å². The molecule has 2 atom stereocenters. The average molecular weight is 248 g/mol. The van der Waals surface area contributed by atoms with Gasteiger partial charge >= 0.3 is 0 Å². The van der Waals surface area contributed by atoms with Gasteiger partial charge in [-0.25, -0.2) is 0 Å². The summed E-state index contributed by atoms with van der Waals surface area (Å²) in [7, 11) is 0. The summed E-state index contributed by atoms with van der Waals surface area (Å²) in [6.07, 6.45) is 3.41. The summed E-state index contributed by atoms with van der Waals surface area (Å²) >= 11 is 0. The third-order valence-electron chi connectivity index (χ3n) is 2.87. The Labute approximate surface area is 105 Å². The van der Waals surface area contributed by atoms with Crippen molar-refractivity contribution in [2.24, 2.45) is 0 Å². The van der Waals surface area contributed by atoms with Crippen molar-refractivity contribution < 1.29 is 9.59 Å². The fourth-order valence-corrected chi connectivity index (χ4v) is 1.78. The lowest BCUT2D eigenvalue weighted by molar-refractivity contribution is -0.127. The number of piperazine rings is 1. The van der Waals surface area contributed by atoms with Crippen LogP contribution in [0.15, 0.2) is 24.5 Å². The highest BCUT2D eigenvalue weighted by molar-refractivity contribution is 5.86. The third kappa shape index (κ3) is 3.04. The van der Waals surface area contributed by atoms with Crippen molar-refractivity contribution in [2.75, 3.05) is 13.1 Å². The Morgan fingerprint density at radius 1 is 1.61 bits per heavy atom. The standard InChI is InChI=1S/C12H16N4O2/c1-8(9-3-2-4-13-5-9)16-12(18)10-6-15-11(17)7-14-10/h2-5,8,10,14H,6-7H2,1H3,(H,15,17)(H,16,18)/t8-,10?/m1/s1. The first-order chi connectivity index (χ1) is 8.66. The zero-order valence-electron chi connectivity index (χ0n) is 10.1. The first-order valence-corrected chi connectivity index (χ1v) is 5.87. The highest BCUT2D eigenvalue weighted by Crippen LogP contribution is 2.09. The Bertz CT molecular complexity index is 425. The van der Waals surface area contributed by atoms with Gasteiger partial charge in [-0.1, -0.05) is 6.07 Å². The van der Waals surface area contributed by atoms with Crippen LogP contribution in [0.2, 0.25) is 0 Å². The van der Waals surface area contributed by atoms with Crippen LogP contribution in [0.1, 0.15) is 18.5 Å². The molecule has 3 N–H and O–H groups in total. The molecule has 1 unspecified atom stereocenters. The van der Waals surface area contributed by atoms with Crippen molar-refractivity contribution in [3.8, 4) is 0 Å². The van der Waals surface area contributed by atoms with Crippen LogP contribution < -0.4 is 16.0 Å². The SMILES string of the molecule is C[C@@H](NC(=O)C1CNC(=O)CN1)c1cccnc1. The molecule has 2 amide bonds. The number of pyridine rings is 1. The van der Waals surface area contributed by atoms with Crippen molar-refractivity contribution in [2.45, 2.75) is 19.0 Å². The van der Waals surface area contributed by atoms with Crippen LogP contribution in [0.4, 0.5) is 0 Å². The van der Waals surface area contributed by atoms with E-state index in [1.54, 1.807) is 12.4 Å². The van der Waals surface area contributed by atoms with Crippen molar-refractivity contribution >= 4 is 11.8 Å². The average Bonchev–Trinajstić information content (AvgIpc) is 2.40. The summed E-state index contributed by atoms with van der Waals surface area (Å²) in [4.78, 5) is 26.9. The van der Waals surface area contributed by atoms with E-state index in [0.717, 1.165) is 5.56 Å². The lowest BCUT2D eigenvalue weighted by Crippen LogP contribution is -2.58. The van der Waals surface area contributed by atoms with Crippen LogP contribution in [-0.2, 0) is 9.59 Å². The van der Waals surface area contributed by atoms with E-state index in [0.29, 0.717) is 6.54 Å². The van der Waals surface area contributed by atoms with Crippen molar-refractivity contribution in [1.82, 2.24) is 20.9 Å². The fourth-order valence-electron chi connectivity index (χ4n) is 1.78. The normalized spacial score (nSPS) is 20.9. The number of hydrogen-bond donors (Lipinski definition) is 3. The Kier molecular flexibility index (Phi) is 3.88. The van der Waals surface area contributed by atoms with E-state index < -0.39 is 0 Å². The van der Waals surface area contributed by atoms with Gasteiger partial charge < -0.3 is 10.6 Å². The maximum atomic E-state index is 11.9. The Balaban J connectivity index is 1.89. The van der Waals surface area contributed by atoms with Gasteiger partial charge in [0.25, 0.3) is 0 Å². The minimum Gasteiger partial charge on any atom is -0.353 e. The zero-order chi connectivity index (χ0) is 13.0. The lowest BCUT2D eigenvalue weighted by Gasteiger charge is -2.25.